The third-order valence-electron chi connectivity index (χ3n) is 6.68. The molecule has 1 aliphatic carbocycles. The van der Waals surface area contributed by atoms with Crippen LogP contribution in [-0.4, -0.2) is 50.3 Å². The summed E-state index contributed by atoms with van der Waals surface area (Å²) in [6, 6.07) is 16.4. The molecule has 31 heavy (non-hydrogen) atoms. The van der Waals surface area contributed by atoms with E-state index < -0.39 is 12.0 Å². The Labute approximate surface area is 180 Å². The number of fused-ring (bicyclic) bond motifs is 1. The Morgan fingerprint density at radius 3 is 2.68 bits per heavy atom. The summed E-state index contributed by atoms with van der Waals surface area (Å²) in [6.07, 6.45) is 3.82. The smallest absolute Gasteiger partial charge is 0.320 e. The quantitative estimate of drug-likeness (QED) is 0.503. The van der Waals surface area contributed by atoms with Gasteiger partial charge < -0.3 is 15.7 Å². The minimum Gasteiger partial charge on any atom is -0.480 e. The molecule has 4 atom stereocenters. The van der Waals surface area contributed by atoms with Crippen LogP contribution in [0.1, 0.15) is 25.7 Å². The third-order valence-corrected chi connectivity index (χ3v) is 6.68. The van der Waals surface area contributed by atoms with Crippen LogP contribution < -0.4 is 10.6 Å². The van der Waals surface area contributed by atoms with Gasteiger partial charge in [0.1, 0.15) is 6.04 Å². The van der Waals surface area contributed by atoms with Crippen molar-refractivity contribution >= 4 is 11.7 Å². The van der Waals surface area contributed by atoms with Gasteiger partial charge in [0.15, 0.2) is 0 Å². The van der Waals surface area contributed by atoms with Crippen molar-refractivity contribution in [1.82, 2.24) is 25.9 Å². The lowest BCUT2D eigenvalue weighted by atomic mass is 9.72. The van der Waals surface area contributed by atoms with Crippen molar-refractivity contribution in [3.63, 3.8) is 0 Å². The number of carbonyl (C=O) groups is 1. The molecule has 0 unspecified atom stereocenters. The lowest BCUT2D eigenvalue weighted by Crippen LogP contribution is -2.50. The van der Waals surface area contributed by atoms with E-state index in [1.165, 1.54) is 0 Å². The molecule has 1 aliphatic heterocycles. The SMILES string of the molecule is O=C(O)[C@@H]1C[C@H]2C[C@@H](Nc3cc(-c4ccccc4)ccc3-c3nn[nH]n3)CC[C@H]2CN1. The van der Waals surface area contributed by atoms with Crippen molar-refractivity contribution in [2.24, 2.45) is 11.8 Å². The van der Waals surface area contributed by atoms with Crippen LogP contribution in [0.5, 0.6) is 0 Å². The number of benzene rings is 2. The largest absolute Gasteiger partial charge is 0.480 e. The number of carboxylic acids is 1. The minimum atomic E-state index is -0.747. The molecule has 1 aromatic heterocycles. The third kappa shape index (κ3) is 4.16. The van der Waals surface area contributed by atoms with Crippen molar-refractivity contribution in [2.75, 3.05) is 11.9 Å². The Kier molecular flexibility index (Phi) is 5.38. The molecule has 5 rings (SSSR count). The monoisotopic (exact) mass is 418 g/mol. The van der Waals surface area contributed by atoms with Gasteiger partial charge in [-0.05, 0) is 72.5 Å². The average molecular weight is 419 g/mol. The van der Waals surface area contributed by atoms with Gasteiger partial charge >= 0.3 is 5.97 Å². The minimum absolute atomic E-state index is 0.283. The van der Waals surface area contributed by atoms with Crippen molar-refractivity contribution in [1.29, 1.82) is 0 Å². The Morgan fingerprint density at radius 1 is 1.03 bits per heavy atom. The van der Waals surface area contributed by atoms with E-state index in [0.29, 0.717) is 24.1 Å². The van der Waals surface area contributed by atoms with Gasteiger partial charge in [0.25, 0.3) is 0 Å². The highest BCUT2D eigenvalue weighted by molar-refractivity contribution is 5.80. The molecule has 0 radical (unpaired) electrons. The van der Waals surface area contributed by atoms with Crippen LogP contribution in [-0.2, 0) is 4.79 Å². The number of aromatic amines is 1. The van der Waals surface area contributed by atoms with E-state index in [2.05, 4.69) is 55.5 Å². The number of aromatic nitrogens is 4. The fourth-order valence-corrected chi connectivity index (χ4v) is 5.05. The Morgan fingerprint density at radius 2 is 1.90 bits per heavy atom. The number of anilines is 1. The van der Waals surface area contributed by atoms with Gasteiger partial charge in [-0.1, -0.05) is 36.4 Å². The Hall–Kier alpha value is -3.26. The second-order valence-electron chi connectivity index (χ2n) is 8.57. The maximum Gasteiger partial charge on any atom is 0.320 e. The van der Waals surface area contributed by atoms with Crippen LogP contribution in [0.4, 0.5) is 5.69 Å². The molecule has 1 saturated heterocycles. The summed E-state index contributed by atoms with van der Waals surface area (Å²) >= 11 is 0. The zero-order valence-corrected chi connectivity index (χ0v) is 17.2. The summed E-state index contributed by atoms with van der Waals surface area (Å²) in [4.78, 5) is 11.4. The number of rotatable bonds is 5. The molecule has 0 bridgehead atoms. The summed E-state index contributed by atoms with van der Waals surface area (Å²) in [6.45, 7) is 0.798. The Bertz CT molecular complexity index is 1040. The van der Waals surface area contributed by atoms with Crippen LogP contribution in [0.15, 0.2) is 48.5 Å². The number of tetrazole rings is 1. The molecule has 1 saturated carbocycles. The predicted molar refractivity (Wildman–Crippen MR) is 117 cm³/mol. The number of nitrogens with one attached hydrogen (secondary N) is 3. The summed E-state index contributed by atoms with van der Waals surface area (Å²) in [7, 11) is 0. The van der Waals surface area contributed by atoms with Crippen molar-refractivity contribution in [3.8, 4) is 22.5 Å². The first-order valence-corrected chi connectivity index (χ1v) is 10.8. The maximum absolute atomic E-state index is 11.4. The van der Waals surface area contributed by atoms with Gasteiger partial charge in [-0.3, -0.25) is 4.79 Å². The molecule has 8 nitrogen and oxygen atoms in total. The molecule has 2 fully saturated rings. The predicted octanol–water partition coefficient (Wildman–Crippen LogP) is 3.18. The van der Waals surface area contributed by atoms with Crippen LogP contribution in [0.3, 0.4) is 0 Å². The van der Waals surface area contributed by atoms with Crippen LogP contribution in [0.2, 0.25) is 0 Å². The van der Waals surface area contributed by atoms with E-state index in [4.69, 9.17) is 0 Å². The zero-order valence-electron chi connectivity index (χ0n) is 17.2. The van der Waals surface area contributed by atoms with Crippen molar-refractivity contribution in [2.45, 2.75) is 37.8 Å². The van der Waals surface area contributed by atoms with E-state index in [1.54, 1.807) is 0 Å². The highest BCUT2D eigenvalue weighted by atomic mass is 16.4. The lowest BCUT2D eigenvalue weighted by Gasteiger charge is -2.42. The second-order valence-corrected chi connectivity index (χ2v) is 8.57. The van der Waals surface area contributed by atoms with E-state index in [9.17, 15) is 9.90 Å². The molecule has 3 aromatic rings. The van der Waals surface area contributed by atoms with Crippen LogP contribution >= 0.6 is 0 Å². The number of piperidine rings is 1. The summed E-state index contributed by atoms with van der Waals surface area (Å²) in [5, 5.41) is 30.9. The number of H-pyrrole nitrogens is 1. The fraction of sp³-hybridized carbons (Fsp3) is 0.391. The van der Waals surface area contributed by atoms with Gasteiger partial charge in [0.05, 0.1) is 0 Å². The molecule has 8 heteroatoms. The lowest BCUT2D eigenvalue weighted by molar-refractivity contribution is -0.141. The molecule has 2 aliphatic rings. The number of carboxylic acid groups (broad SMARTS) is 1. The summed E-state index contributed by atoms with van der Waals surface area (Å²) in [5.41, 5.74) is 4.16. The first kappa shape index (κ1) is 19.7. The van der Waals surface area contributed by atoms with E-state index in [0.717, 1.165) is 48.2 Å². The zero-order chi connectivity index (χ0) is 21.2. The molecule has 2 aromatic carbocycles. The molecular formula is C23H26N6O2. The highest BCUT2D eigenvalue weighted by Gasteiger charge is 2.37. The number of hydrogen-bond donors (Lipinski definition) is 4. The second kappa shape index (κ2) is 8.47. The molecule has 0 spiro atoms. The van der Waals surface area contributed by atoms with Crippen molar-refractivity contribution < 1.29 is 9.90 Å². The standard InChI is InChI=1S/C23H26N6O2/c30-23(31)21-12-17-10-18(8-6-16(17)13-24-21)25-20-11-15(14-4-2-1-3-5-14)7-9-19(20)22-26-28-29-27-22/h1-5,7,9,11,16-18,21,24-25H,6,8,10,12-13H2,(H,30,31)(H,26,27,28,29)/t16-,17+,18-,21-/m0/s1. The number of aliphatic carboxylic acids is 1. The van der Waals surface area contributed by atoms with E-state index in [-0.39, 0.29) is 6.04 Å². The van der Waals surface area contributed by atoms with Crippen molar-refractivity contribution in [3.05, 3.63) is 48.5 Å². The van der Waals surface area contributed by atoms with Crippen LogP contribution in [0, 0.1) is 11.8 Å². The Balaban J connectivity index is 1.40. The van der Waals surface area contributed by atoms with Crippen LogP contribution in [0.25, 0.3) is 22.5 Å². The van der Waals surface area contributed by atoms with Gasteiger partial charge in [0.2, 0.25) is 5.82 Å². The fourth-order valence-electron chi connectivity index (χ4n) is 5.05. The number of nitrogens with zero attached hydrogens (tertiary/aromatic N) is 3. The van der Waals surface area contributed by atoms with Gasteiger partial charge in [-0.25, -0.2) is 0 Å². The van der Waals surface area contributed by atoms with Gasteiger partial charge in [0, 0.05) is 17.3 Å². The molecule has 160 valence electrons. The molecule has 4 N–H and O–H groups in total. The first-order valence-electron chi connectivity index (χ1n) is 10.8. The van der Waals surface area contributed by atoms with E-state index in [1.807, 2.05) is 24.3 Å². The highest BCUT2D eigenvalue weighted by Crippen LogP contribution is 2.38. The first-order chi connectivity index (χ1) is 15.2. The molecule has 2 heterocycles. The normalized spacial score (nSPS) is 25.5. The van der Waals surface area contributed by atoms with Gasteiger partial charge in [-0.15, -0.1) is 10.2 Å². The van der Waals surface area contributed by atoms with Gasteiger partial charge in [-0.2, -0.15) is 5.21 Å². The topological polar surface area (TPSA) is 116 Å². The van der Waals surface area contributed by atoms with E-state index >= 15 is 0 Å². The summed E-state index contributed by atoms with van der Waals surface area (Å²) in [5.74, 6) is 0.785. The molecule has 0 amide bonds. The molecular weight excluding hydrogens is 392 g/mol. The maximum atomic E-state index is 11.4. The average Bonchev–Trinajstić information content (AvgIpc) is 3.34. The summed E-state index contributed by atoms with van der Waals surface area (Å²) < 4.78 is 0. The number of hydrogen-bond acceptors (Lipinski definition) is 6.